The number of rotatable bonds is 4. The Balaban J connectivity index is 1.39. The van der Waals surface area contributed by atoms with E-state index in [0.29, 0.717) is 19.5 Å². The fourth-order valence-corrected chi connectivity index (χ4v) is 6.21. The Kier molecular flexibility index (Phi) is 5.48. The first-order valence-corrected chi connectivity index (χ1v) is 11.6. The molecule has 1 aliphatic carbocycles. The third-order valence-corrected chi connectivity index (χ3v) is 8.36. The molecule has 1 spiro atoms. The lowest BCUT2D eigenvalue weighted by molar-refractivity contribution is -0.145. The maximum Gasteiger partial charge on any atom is 0.246 e. The maximum absolute atomic E-state index is 13.9. The molecular weight excluding hydrogens is 397 g/mol. The summed E-state index contributed by atoms with van der Waals surface area (Å²) in [6, 6.07) is 5.35. The standard InChI is InChI=1S/C20H26FN3O4S/c21-16-6-2-3-7-17(16)29(27,28)23-12-10-22(11-13-23)15-24-18(25)14-20(19(24)26)8-4-1-5-9-20/h2-3,6-7H,1,4-5,8-15H2. The summed E-state index contributed by atoms with van der Waals surface area (Å²) in [6.07, 6.45) is 4.94. The van der Waals surface area contributed by atoms with Crippen LogP contribution in [0.25, 0.3) is 0 Å². The summed E-state index contributed by atoms with van der Waals surface area (Å²) >= 11 is 0. The molecule has 4 rings (SSSR count). The molecule has 29 heavy (non-hydrogen) atoms. The third-order valence-electron chi connectivity index (χ3n) is 6.43. The van der Waals surface area contributed by atoms with Crippen LogP contribution in [0.1, 0.15) is 38.5 Å². The van der Waals surface area contributed by atoms with Crippen LogP contribution < -0.4 is 0 Å². The van der Waals surface area contributed by atoms with Gasteiger partial charge in [-0.15, -0.1) is 0 Å². The van der Waals surface area contributed by atoms with Gasteiger partial charge in [-0.2, -0.15) is 4.31 Å². The van der Waals surface area contributed by atoms with E-state index in [1.165, 1.54) is 27.4 Å². The van der Waals surface area contributed by atoms with E-state index in [2.05, 4.69) is 0 Å². The van der Waals surface area contributed by atoms with E-state index in [1.54, 1.807) is 0 Å². The number of nitrogens with zero attached hydrogens (tertiary/aromatic N) is 3. The normalized spacial score (nSPS) is 23.8. The zero-order valence-corrected chi connectivity index (χ0v) is 17.2. The highest BCUT2D eigenvalue weighted by molar-refractivity contribution is 7.89. The minimum atomic E-state index is -3.90. The lowest BCUT2D eigenvalue weighted by Crippen LogP contribution is -2.52. The van der Waals surface area contributed by atoms with Gasteiger partial charge in [0.15, 0.2) is 0 Å². The van der Waals surface area contributed by atoms with Gasteiger partial charge < -0.3 is 0 Å². The largest absolute Gasteiger partial charge is 0.283 e. The third kappa shape index (κ3) is 3.71. The van der Waals surface area contributed by atoms with Crippen molar-refractivity contribution in [1.82, 2.24) is 14.1 Å². The highest BCUT2D eigenvalue weighted by Gasteiger charge is 2.51. The number of imide groups is 1. The molecule has 3 fully saturated rings. The van der Waals surface area contributed by atoms with Gasteiger partial charge in [0.25, 0.3) is 0 Å². The number of carbonyl (C=O) groups excluding carboxylic acids is 2. The number of benzene rings is 1. The second kappa shape index (κ2) is 7.77. The monoisotopic (exact) mass is 423 g/mol. The van der Waals surface area contributed by atoms with Crippen LogP contribution >= 0.6 is 0 Å². The highest BCUT2D eigenvalue weighted by atomic mass is 32.2. The van der Waals surface area contributed by atoms with Gasteiger partial charge in [0.2, 0.25) is 21.8 Å². The zero-order valence-electron chi connectivity index (χ0n) is 16.3. The molecule has 2 amide bonds. The Labute approximate surface area is 170 Å². The minimum absolute atomic E-state index is 0.0661. The SMILES string of the molecule is O=C1CC2(CCCCC2)C(=O)N1CN1CCN(S(=O)(=O)c2ccccc2F)CC1. The summed E-state index contributed by atoms with van der Waals surface area (Å²) in [7, 11) is -3.90. The molecule has 0 aromatic heterocycles. The van der Waals surface area contributed by atoms with Gasteiger partial charge in [-0.25, -0.2) is 12.8 Å². The molecule has 7 nitrogen and oxygen atoms in total. The van der Waals surface area contributed by atoms with Crippen LogP contribution in [0.4, 0.5) is 4.39 Å². The first-order valence-electron chi connectivity index (χ1n) is 10.2. The van der Waals surface area contributed by atoms with Crippen molar-refractivity contribution in [3.63, 3.8) is 0 Å². The van der Waals surface area contributed by atoms with E-state index in [1.807, 2.05) is 4.90 Å². The van der Waals surface area contributed by atoms with E-state index in [-0.39, 0.29) is 36.5 Å². The Bertz CT molecular complexity index is 906. The molecule has 0 atom stereocenters. The lowest BCUT2D eigenvalue weighted by atomic mass is 9.73. The predicted octanol–water partition coefficient (Wildman–Crippen LogP) is 1.80. The first-order chi connectivity index (χ1) is 13.8. The van der Waals surface area contributed by atoms with Crippen molar-refractivity contribution in [3.8, 4) is 0 Å². The molecule has 3 aliphatic rings. The Morgan fingerprint density at radius 2 is 1.62 bits per heavy atom. The fourth-order valence-electron chi connectivity index (χ4n) is 4.73. The molecule has 0 bridgehead atoms. The molecule has 2 saturated heterocycles. The summed E-state index contributed by atoms with van der Waals surface area (Å²) in [5, 5.41) is 0. The van der Waals surface area contributed by atoms with Crippen molar-refractivity contribution >= 4 is 21.8 Å². The summed E-state index contributed by atoms with van der Waals surface area (Å²) in [6.45, 7) is 1.36. The number of sulfonamides is 1. The fraction of sp³-hybridized carbons (Fsp3) is 0.600. The second-order valence-electron chi connectivity index (χ2n) is 8.24. The number of amides is 2. The lowest BCUT2D eigenvalue weighted by Gasteiger charge is -2.36. The summed E-state index contributed by atoms with van der Waals surface area (Å²) in [4.78, 5) is 28.4. The van der Waals surface area contributed by atoms with Crippen molar-refractivity contribution < 1.29 is 22.4 Å². The minimum Gasteiger partial charge on any atom is -0.283 e. The van der Waals surface area contributed by atoms with Crippen LogP contribution in [0.3, 0.4) is 0 Å². The van der Waals surface area contributed by atoms with Gasteiger partial charge in [0.1, 0.15) is 10.7 Å². The number of hydrogen-bond donors (Lipinski definition) is 0. The molecular formula is C20H26FN3O4S. The van der Waals surface area contributed by atoms with Crippen LogP contribution in [0.5, 0.6) is 0 Å². The Morgan fingerprint density at radius 3 is 2.28 bits per heavy atom. The maximum atomic E-state index is 13.9. The molecule has 0 N–H and O–H groups in total. The summed E-state index contributed by atoms with van der Waals surface area (Å²) in [5.74, 6) is -0.956. The number of halogens is 1. The molecule has 1 aromatic rings. The van der Waals surface area contributed by atoms with Gasteiger partial charge in [-0.3, -0.25) is 19.4 Å². The van der Waals surface area contributed by atoms with Gasteiger partial charge in [-0.05, 0) is 25.0 Å². The molecule has 1 aromatic carbocycles. The van der Waals surface area contributed by atoms with Crippen LogP contribution in [0.15, 0.2) is 29.2 Å². The molecule has 2 aliphatic heterocycles. The van der Waals surface area contributed by atoms with Gasteiger partial charge in [-0.1, -0.05) is 31.4 Å². The highest BCUT2D eigenvalue weighted by Crippen LogP contribution is 2.45. The molecule has 158 valence electrons. The molecule has 0 radical (unpaired) electrons. The van der Waals surface area contributed by atoms with Crippen LogP contribution in [0.2, 0.25) is 0 Å². The Hall–Kier alpha value is -1.84. The van der Waals surface area contributed by atoms with Crippen LogP contribution in [-0.2, 0) is 19.6 Å². The second-order valence-corrected chi connectivity index (χ2v) is 10.1. The van der Waals surface area contributed by atoms with Gasteiger partial charge in [0.05, 0.1) is 12.1 Å². The van der Waals surface area contributed by atoms with Crippen molar-refractivity contribution in [2.45, 2.75) is 43.4 Å². The van der Waals surface area contributed by atoms with Crippen molar-refractivity contribution in [1.29, 1.82) is 0 Å². The average molecular weight is 424 g/mol. The smallest absolute Gasteiger partial charge is 0.246 e. The van der Waals surface area contributed by atoms with E-state index in [4.69, 9.17) is 0 Å². The first kappa shape index (κ1) is 20.4. The molecule has 2 heterocycles. The molecule has 1 saturated carbocycles. The van der Waals surface area contributed by atoms with E-state index in [0.717, 1.165) is 38.2 Å². The average Bonchev–Trinajstić information content (AvgIpc) is 2.93. The number of likely N-dealkylation sites (tertiary alicyclic amines) is 1. The zero-order chi connectivity index (χ0) is 20.6. The van der Waals surface area contributed by atoms with Crippen LogP contribution in [0, 0.1) is 11.2 Å². The molecule has 9 heteroatoms. The van der Waals surface area contributed by atoms with Crippen molar-refractivity contribution in [2.75, 3.05) is 32.8 Å². The quantitative estimate of drug-likeness (QED) is 0.690. The topological polar surface area (TPSA) is 78.0 Å². The molecule has 0 unspecified atom stereocenters. The number of hydrogen-bond acceptors (Lipinski definition) is 5. The van der Waals surface area contributed by atoms with Gasteiger partial charge in [0, 0.05) is 32.6 Å². The predicted molar refractivity (Wildman–Crippen MR) is 104 cm³/mol. The summed E-state index contributed by atoms with van der Waals surface area (Å²) < 4.78 is 40.6. The number of piperazine rings is 1. The van der Waals surface area contributed by atoms with E-state index < -0.39 is 21.3 Å². The Morgan fingerprint density at radius 1 is 0.966 bits per heavy atom. The van der Waals surface area contributed by atoms with Crippen molar-refractivity contribution in [3.05, 3.63) is 30.1 Å². The number of carbonyl (C=O) groups is 2. The summed E-state index contributed by atoms with van der Waals surface area (Å²) in [5.41, 5.74) is -0.509. The van der Waals surface area contributed by atoms with E-state index in [9.17, 15) is 22.4 Å². The van der Waals surface area contributed by atoms with E-state index >= 15 is 0 Å². The van der Waals surface area contributed by atoms with Crippen LogP contribution in [-0.4, -0.2) is 67.2 Å². The van der Waals surface area contributed by atoms with Crippen molar-refractivity contribution in [2.24, 2.45) is 5.41 Å². The van der Waals surface area contributed by atoms with Gasteiger partial charge >= 0.3 is 0 Å².